The van der Waals surface area contributed by atoms with E-state index in [1.54, 1.807) is 0 Å². The van der Waals surface area contributed by atoms with Crippen LogP contribution in [0.15, 0.2) is 25.3 Å². The average Bonchev–Trinajstić information content (AvgIpc) is 2.04. The number of rotatable bonds is 4. The highest BCUT2D eigenvalue weighted by atomic mass is 17.5. The van der Waals surface area contributed by atoms with Crippen molar-refractivity contribution >= 4 is 11.9 Å². The lowest BCUT2D eigenvalue weighted by atomic mass is 10.7. The van der Waals surface area contributed by atoms with Crippen molar-refractivity contribution in [1.82, 2.24) is 6.15 Å². The molecule has 0 aliphatic carbocycles. The molecule has 12 heavy (non-hydrogen) atoms. The number of carbonyl (C=O) groups is 2. The number of hydrogen-bond acceptors (Lipinski definition) is 6. The Labute approximate surface area is 68.8 Å². The molecule has 0 aromatic rings. The van der Waals surface area contributed by atoms with Crippen LogP contribution in [0.1, 0.15) is 0 Å². The Bertz CT molecular complexity index is 168. The van der Waals surface area contributed by atoms with Crippen molar-refractivity contribution in [2.75, 3.05) is 0 Å². The molecule has 0 amide bonds. The zero-order valence-corrected chi connectivity index (χ0v) is 6.32. The lowest BCUT2D eigenvalue weighted by Gasteiger charge is -1.95. The Morgan fingerprint density at radius 1 is 1.00 bits per heavy atom. The van der Waals surface area contributed by atoms with E-state index in [1.807, 2.05) is 0 Å². The molecule has 3 N–H and O–H groups in total. The zero-order chi connectivity index (χ0) is 8.69. The molecule has 0 atom stereocenters. The quantitative estimate of drug-likeness (QED) is 0.378. The van der Waals surface area contributed by atoms with Gasteiger partial charge in [-0.3, -0.25) is 9.78 Å². The Hall–Kier alpha value is -1.66. The summed E-state index contributed by atoms with van der Waals surface area (Å²) in [6, 6.07) is 0. The van der Waals surface area contributed by atoms with Crippen LogP contribution in [-0.2, 0) is 24.4 Å². The molecule has 0 fully saturated rings. The molecule has 0 aromatic heterocycles. The van der Waals surface area contributed by atoms with Crippen LogP contribution in [0.2, 0.25) is 0 Å². The first-order valence-electron chi connectivity index (χ1n) is 2.54. The van der Waals surface area contributed by atoms with E-state index < -0.39 is 11.9 Å². The highest BCUT2D eigenvalue weighted by Gasteiger charge is 2.00. The van der Waals surface area contributed by atoms with Crippen LogP contribution in [0.4, 0.5) is 0 Å². The predicted molar refractivity (Wildman–Crippen MR) is 38.7 cm³/mol. The Morgan fingerprint density at radius 3 is 1.58 bits per heavy atom. The summed E-state index contributed by atoms with van der Waals surface area (Å²) in [5, 5.41) is 3.70. The van der Waals surface area contributed by atoms with E-state index >= 15 is 0 Å². The lowest BCUT2D eigenvalue weighted by molar-refractivity contribution is -0.455. The fourth-order valence-electron chi connectivity index (χ4n) is 0.152. The van der Waals surface area contributed by atoms with Gasteiger partial charge in [0.1, 0.15) is 0 Å². The molecule has 0 saturated carbocycles. The second-order valence-electron chi connectivity index (χ2n) is 1.28. The van der Waals surface area contributed by atoms with E-state index in [9.17, 15) is 9.59 Å². The molecular weight excluding hydrogens is 166 g/mol. The molecule has 6 heteroatoms. The molecule has 0 radical (unpaired) electrons. The molecule has 0 saturated heterocycles. The Balaban J connectivity index is 0. The summed E-state index contributed by atoms with van der Waals surface area (Å²) in [5.74, 6) is -1.72. The maximum atomic E-state index is 10.2. The second-order valence-corrected chi connectivity index (χ2v) is 1.28. The van der Waals surface area contributed by atoms with Gasteiger partial charge in [-0.2, -0.15) is 0 Å². The zero-order valence-electron chi connectivity index (χ0n) is 6.32. The molecule has 0 spiro atoms. The summed E-state index contributed by atoms with van der Waals surface area (Å²) in [6.07, 6.45) is 1.70. The summed E-state index contributed by atoms with van der Waals surface area (Å²) in [6.45, 7) is 6.13. The first-order valence-corrected chi connectivity index (χ1v) is 2.54. The van der Waals surface area contributed by atoms with Crippen LogP contribution in [-0.4, -0.2) is 11.9 Å². The molecule has 0 bridgehead atoms. The van der Waals surface area contributed by atoms with Gasteiger partial charge in [0, 0.05) is 17.2 Å². The van der Waals surface area contributed by atoms with E-state index in [0.29, 0.717) is 0 Å². The number of hydrogen-bond donors (Lipinski definition) is 1. The summed E-state index contributed by atoms with van der Waals surface area (Å²) < 4.78 is 0. The van der Waals surface area contributed by atoms with Gasteiger partial charge in [0.05, 0.1) is 0 Å². The van der Waals surface area contributed by atoms with Gasteiger partial charge in [0.15, 0.2) is 0 Å². The normalized spacial score (nSPS) is 7.33. The van der Waals surface area contributed by atoms with Crippen molar-refractivity contribution in [2.24, 2.45) is 0 Å². The molecule has 6 nitrogen and oxygen atoms in total. The van der Waals surface area contributed by atoms with Crippen molar-refractivity contribution in [3.8, 4) is 0 Å². The molecule has 0 rings (SSSR count). The van der Waals surface area contributed by atoms with Crippen molar-refractivity contribution in [3.63, 3.8) is 0 Å². The summed E-state index contributed by atoms with van der Waals surface area (Å²) in [7, 11) is 0. The predicted octanol–water partition coefficient (Wildman–Crippen LogP) is 0.453. The van der Waals surface area contributed by atoms with E-state index in [2.05, 4.69) is 28.0 Å². The van der Waals surface area contributed by atoms with Crippen LogP contribution in [0, 0.1) is 0 Å². The van der Waals surface area contributed by atoms with Gasteiger partial charge in [-0.1, -0.05) is 13.2 Å². The summed E-state index contributed by atoms with van der Waals surface area (Å²) in [4.78, 5) is 28.0. The minimum absolute atomic E-state index is 0. The molecule has 68 valence electrons. The smallest absolute Gasteiger partial charge is 0.344 e. The lowest BCUT2D eigenvalue weighted by Crippen LogP contribution is -2.06. The van der Waals surface area contributed by atoms with Crippen molar-refractivity contribution < 1.29 is 24.4 Å². The second kappa shape index (κ2) is 7.45. The Kier molecular flexibility index (Phi) is 8.05. The van der Waals surface area contributed by atoms with Gasteiger partial charge < -0.3 is 6.15 Å². The summed E-state index contributed by atoms with van der Waals surface area (Å²) >= 11 is 0. The van der Waals surface area contributed by atoms with E-state index in [0.717, 1.165) is 12.2 Å². The fraction of sp³-hybridized carbons (Fsp3) is 0. The van der Waals surface area contributed by atoms with E-state index in [-0.39, 0.29) is 6.15 Å². The highest BCUT2D eigenvalue weighted by molar-refractivity contribution is 5.81. The third-order valence-electron chi connectivity index (χ3n) is 0.566. The number of carbonyl (C=O) groups excluding carboxylic acids is 2. The fourth-order valence-corrected chi connectivity index (χ4v) is 0.152. The van der Waals surface area contributed by atoms with Gasteiger partial charge in [0.2, 0.25) is 0 Å². The van der Waals surface area contributed by atoms with Gasteiger partial charge >= 0.3 is 11.9 Å². The first-order chi connectivity index (χ1) is 5.20. The van der Waals surface area contributed by atoms with E-state index in [1.165, 1.54) is 0 Å². The topological polar surface area (TPSA) is 96.8 Å². The van der Waals surface area contributed by atoms with Crippen LogP contribution in [0.25, 0.3) is 0 Å². The third kappa shape index (κ3) is 6.46. The van der Waals surface area contributed by atoms with Crippen LogP contribution < -0.4 is 6.15 Å². The highest BCUT2D eigenvalue weighted by Crippen LogP contribution is 1.85. The molecule has 0 aliphatic heterocycles. The molecule has 0 aliphatic rings. The van der Waals surface area contributed by atoms with Crippen LogP contribution in [0.3, 0.4) is 0 Å². The standard InChI is InChI=1S/C6H6O5.H3N/c1-3-5(7)9-11-10-6(8)4-2;/h3-4H,1-2H2;1H3. The van der Waals surface area contributed by atoms with Gasteiger partial charge in [-0.15, -0.1) is 0 Å². The van der Waals surface area contributed by atoms with Gasteiger partial charge in [0.25, 0.3) is 0 Å². The average molecular weight is 175 g/mol. The summed E-state index contributed by atoms with van der Waals surface area (Å²) in [5.41, 5.74) is 0. The maximum absolute atomic E-state index is 10.2. The van der Waals surface area contributed by atoms with Gasteiger partial charge in [-0.05, 0) is 0 Å². The first kappa shape index (κ1) is 13.0. The molecular formula is C6H9NO5. The molecule has 0 heterocycles. The van der Waals surface area contributed by atoms with Crippen molar-refractivity contribution in [2.45, 2.75) is 0 Å². The Morgan fingerprint density at radius 2 is 1.33 bits per heavy atom. The minimum atomic E-state index is -0.859. The van der Waals surface area contributed by atoms with Crippen molar-refractivity contribution in [3.05, 3.63) is 25.3 Å². The minimum Gasteiger partial charge on any atom is -0.344 e. The third-order valence-corrected chi connectivity index (χ3v) is 0.566. The molecule has 0 aromatic carbocycles. The van der Waals surface area contributed by atoms with Crippen LogP contribution >= 0.6 is 0 Å². The van der Waals surface area contributed by atoms with E-state index in [4.69, 9.17) is 0 Å². The molecule has 0 unspecified atom stereocenters. The SMILES string of the molecule is C=CC(=O)OOOC(=O)C=C.N. The monoisotopic (exact) mass is 175 g/mol. The van der Waals surface area contributed by atoms with Gasteiger partial charge in [-0.25, -0.2) is 9.59 Å². The van der Waals surface area contributed by atoms with Crippen LogP contribution in [0.5, 0.6) is 0 Å². The maximum Gasteiger partial charge on any atom is 0.369 e. The largest absolute Gasteiger partial charge is 0.369 e. The van der Waals surface area contributed by atoms with Crippen molar-refractivity contribution in [1.29, 1.82) is 0 Å².